The first-order valence-corrected chi connectivity index (χ1v) is 12.8. The van der Waals surface area contributed by atoms with Crippen LogP contribution < -0.4 is 4.74 Å². The van der Waals surface area contributed by atoms with Crippen LogP contribution in [0.25, 0.3) is 6.08 Å². The maximum Gasteiger partial charge on any atom is 0.342 e. The number of methoxy groups -OCH3 is 1. The number of rotatable bonds is 5. The minimum Gasteiger partial charge on any atom is -0.508 e. The average molecular weight is 539 g/mol. The largest absolute Gasteiger partial charge is 0.508 e. The van der Waals surface area contributed by atoms with Gasteiger partial charge in [0.15, 0.2) is 12.6 Å². The zero-order valence-corrected chi connectivity index (χ0v) is 22.5. The van der Waals surface area contributed by atoms with Gasteiger partial charge in [-0.05, 0) is 57.0 Å². The molecule has 2 heterocycles. The van der Waals surface area contributed by atoms with E-state index in [2.05, 4.69) is 0 Å². The number of phenols is 1. The number of carbonyl (C=O) groups is 2. The minimum atomic E-state index is -0.911. The van der Waals surface area contributed by atoms with Crippen LogP contribution in [0.1, 0.15) is 59.9 Å². The van der Waals surface area contributed by atoms with Crippen LogP contribution >= 0.6 is 0 Å². The zero-order chi connectivity index (χ0) is 28.0. The molecule has 0 radical (unpaired) electrons. The molecule has 2 aliphatic rings. The highest BCUT2D eigenvalue weighted by Gasteiger charge is 2.45. The highest BCUT2D eigenvalue weighted by Crippen LogP contribution is 2.35. The number of cyclic esters (lactones) is 1. The van der Waals surface area contributed by atoms with Gasteiger partial charge in [-0.2, -0.15) is 0 Å². The van der Waals surface area contributed by atoms with E-state index in [9.17, 15) is 14.7 Å². The number of ether oxygens (including phenoxy) is 6. The summed E-state index contributed by atoms with van der Waals surface area (Å²) in [4.78, 5) is 26.2. The number of benzene rings is 2. The van der Waals surface area contributed by atoms with Gasteiger partial charge in [0.25, 0.3) is 0 Å². The van der Waals surface area contributed by atoms with Gasteiger partial charge in [-0.25, -0.2) is 9.59 Å². The molecule has 2 aromatic rings. The minimum absolute atomic E-state index is 0.0817. The molecule has 9 nitrogen and oxygen atoms in total. The van der Waals surface area contributed by atoms with E-state index in [0.717, 1.165) is 0 Å². The maximum absolute atomic E-state index is 13.2. The van der Waals surface area contributed by atoms with E-state index in [1.165, 1.54) is 19.2 Å². The molecule has 0 aromatic heterocycles. The van der Waals surface area contributed by atoms with Gasteiger partial charge in [-0.1, -0.05) is 36.4 Å². The number of carbonyl (C=O) groups excluding carboxylic acids is 2. The summed E-state index contributed by atoms with van der Waals surface area (Å²) < 4.78 is 34.5. The number of fused-ring (bicyclic) bond motifs is 2. The summed E-state index contributed by atoms with van der Waals surface area (Å²) in [7, 11) is 1.46. The van der Waals surface area contributed by atoms with E-state index in [0.29, 0.717) is 24.0 Å². The van der Waals surface area contributed by atoms with Gasteiger partial charge >= 0.3 is 11.9 Å². The second kappa shape index (κ2) is 12.5. The van der Waals surface area contributed by atoms with Crippen LogP contribution in [0, 0.1) is 0 Å². The lowest BCUT2D eigenvalue weighted by Gasteiger charge is -2.24. The molecule has 2 aromatic carbocycles. The normalized spacial score (nSPS) is 26.3. The highest BCUT2D eigenvalue weighted by atomic mass is 16.8. The second-order valence-corrected chi connectivity index (χ2v) is 9.85. The molecule has 0 spiro atoms. The molecule has 0 bridgehead atoms. The lowest BCUT2D eigenvalue weighted by molar-refractivity contribution is -0.152. The lowest BCUT2D eigenvalue weighted by Crippen LogP contribution is -2.37. The number of phenolic OH excluding ortho intramolecular Hbond substituents is 1. The molecule has 208 valence electrons. The molecule has 0 aliphatic carbocycles. The smallest absolute Gasteiger partial charge is 0.342 e. The molecule has 1 fully saturated rings. The predicted octanol–water partition coefficient (Wildman–Crippen LogP) is 5.03. The standard InChI is InChI=1S/C30H34O9/c1-19-10-8-14-23(37-28(32)20-11-6-5-7-12-20)27-24(38-30(2,3)39-27)15-9-13-21-16-22(31)17-25(35-18-34-4)26(21)29(33)36-19/h5-9,11-14,16-17,19,23-24,27,31H,10,15,18H2,1-4H3/b13-9+,14-8-/t19-,23?,24-,27+/m0/s1. The number of esters is 2. The topological polar surface area (TPSA) is 110 Å². The fraction of sp³-hybridized carbons (Fsp3) is 0.400. The molecule has 0 amide bonds. The highest BCUT2D eigenvalue weighted by molar-refractivity contribution is 5.97. The molecule has 0 saturated carbocycles. The van der Waals surface area contributed by atoms with Gasteiger partial charge in [0.2, 0.25) is 0 Å². The van der Waals surface area contributed by atoms with E-state index < -0.39 is 42.1 Å². The molecular formula is C30H34O9. The molecule has 2 aliphatic heterocycles. The van der Waals surface area contributed by atoms with Crippen molar-refractivity contribution >= 4 is 18.0 Å². The van der Waals surface area contributed by atoms with Crippen LogP contribution in [0.5, 0.6) is 11.5 Å². The van der Waals surface area contributed by atoms with Gasteiger partial charge in [-0.15, -0.1) is 0 Å². The van der Waals surface area contributed by atoms with Gasteiger partial charge in [0.1, 0.15) is 35.4 Å². The van der Waals surface area contributed by atoms with Crippen molar-refractivity contribution in [3.63, 3.8) is 0 Å². The van der Waals surface area contributed by atoms with Crippen molar-refractivity contribution in [1.29, 1.82) is 0 Å². The van der Waals surface area contributed by atoms with Crippen LogP contribution in [0.4, 0.5) is 0 Å². The van der Waals surface area contributed by atoms with E-state index in [1.807, 2.05) is 12.1 Å². The number of hydrogen-bond donors (Lipinski definition) is 1. The SMILES string of the molecule is COCOc1cc(O)cc2c1C(=O)O[C@@H](C)C/C=C\C(OC(=O)c1ccccc1)[C@H]1OC(C)(C)O[C@H]1C/C=C/2. The first kappa shape index (κ1) is 28.4. The third-order valence-electron chi connectivity index (χ3n) is 6.22. The third-order valence-corrected chi connectivity index (χ3v) is 6.22. The molecule has 39 heavy (non-hydrogen) atoms. The number of aromatic hydroxyl groups is 1. The van der Waals surface area contributed by atoms with Gasteiger partial charge in [-0.3, -0.25) is 0 Å². The van der Waals surface area contributed by atoms with Crippen molar-refractivity contribution in [3.05, 3.63) is 77.4 Å². The first-order chi connectivity index (χ1) is 18.7. The fourth-order valence-electron chi connectivity index (χ4n) is 4.54. The van der Waals surface area contributed by atoms with Crippen LogP contribution in [0.3, 0.4) is 0 Å². The monoisotopic (exact) mass is 538 g/mol. The summed E-state index contributed by atoms with van der Waals surface area (Å²) in [6.07, 6.45) is 5.44. The van der Waals surface area contributed by atoms with Crippen LogP contribution in [0.15, 0.2) is 60.7 Å². The molecule has 1 N–H and O–H groups in total. The lowest BCUT2D eigenvalue weighted by atomic mass is 10.0. The fourth-order valence-corrected chi connectivity index (χ4v) is 4.54. The molecular weight excluding hydrogens is 504 g/mol. The predicted molar refractivity (Wildman–Crippen MR) is 142 cm³/mol. The van der Waals surface area contributed by atoms with Crippen molar-refractivity contribution < 1.29 is 43.1 Å². The summed E-state index contributed by atoms with van der Waals surface area (Å²) in [6, 6.07) is 11.5. The summed E-state index contributed by atoms with van der Waals surface area (Å²) in [5.41, 5.74) is 1.00. The third kappa shape index (κ3) is 7.26. The van der Waals surface area contributed by atoms with Crippen LogP contribution in [0.2, 0.25) is 0 Å². The Labute approximate surface area is 227 Å². The molecule has 4 atom stereocenters. The summed E-state index contributed by atoms with van der Waals surface area (Å²) in [5, 5.41) is 10.3. The van der Waals surface area contributed by atoms with Gasteiger partial charge < -0.3 is 33.5 Å². The van der Waals surface area contributed by atoms with Crippen molar-refractivity contribution in [1.82, 2.24) is 0 Å². The Bertz CT molecular complexity index is 1220. The average Bonchev–Trinajstić information content (AvgIpc) is 3.20. The van der Waals surface area contributed by atoms with Crippen molar-refractivity contribution in [2.75, 3.05) is 13.9 Å². The summed E-state index contributed by atoms with van der Waals surface area (Å²) in [5.74, 6) is -1.94. The second-order valence-electron chi connectivity index (χ2n) is 9.85. The van der Waals surface area contributed by atoms with Crippen molar-refractivity contribution in [2.24, 2.45) is 0 Å². The first-order valence-electron chi connectivity index (χ1n) is 12.8. The Morgan fingerprint density at radius 1 is 1.10 bits per heavy atom. The Kier molecular flexibility index (Phi) is 9.06. The maximum atomic E-state index is 13.2. The Balaban J connectivity index is 1.69. The van der Waals surface area contributed by atoms with E-state index >= 15 is 0 Å². The molecule has 1 saturated heterocycles. The number of hydrogen-bond acceptors (Lipinski definition) is 9. The Hall–Kier alpha value is -3.66. The zero-order valence-electron chi connectivity index (χ0n) is 22.5. The van der Waals surface area contributed by atoms with E-state index in [1.54, 1.807) is 63.3 Å². The van der Waals surface area contributed by atoms with E-state index in [-0.39, 0.29) is 23.9 Å². The van der Waals surface area contributed by atoms with Crippen LogP contribution in [-0.2, 0) is 23.7 Å². The Morgan fingerprint density at radius 2 is 1.87 bits per heavy atom. The molecule has 1 unspecified atom stereocenters. The summed E-state index contributed by atoms with van der Waals surface area (Å²) in [6.45, 7) is 5.25. The van der Waals surface area contributed by atoms with Crippen molar-refractivity contribution in [2.45, 2.75) is 63.8 Å². The van der Waals surface area contributed by atoms with Gasteiger partial charge in [0.05, 0.1) is 11.7 Å². The van der Waals surface area contributed by atoms with Gasteiger partial charge in [0, 0.05) is 19.6 Å². The van der Waals surface area contributed by atoms with Crippen molar-refractivity contribution in [3.8, 4) is 11.5 Å². The van der Waals surface area contributed by atoms with Crippen LogP contribution in [-0.4, -0.2) is 61.2 Å². The van der Waals surface area contributed by atoms with E-state index in [4.69, 9.17) is 28.4 Å². The molecule has 4 rings (SSSR count). The quantitative estimate of drug-likeness (QED) is 0.318. The Morgan fingerprint density at radius 3 is 2.62 bits per heavy atom. The molecule has 9 heteroatoms. The summed E-state index contributed by atoms with van der Waals surface area (Å²) >= 11 is 0.